The predicted octanol–water partition coefficient (Wildman–Crippen LogP) is 4.12. The van der Waals surface area contributed by atoms with Crippen LogP contribution >= 0.6 is 0 Å². The molecule has 2 aliphatic rings. The molecule has 3 nitrogen and oxygen atoms in total. The summed E-state index contributed by atoms with van der Waals surface area (Å²) in [5, 5.41) is 3.88. The van der Waals surface area contributed by atoms with Crippen molar-refractivity contribution in [2.75, 3.05) is 33.3 Å². The minimum Gasteiger partial charge on any atom is -0.378 e. The van der Waals surface area contributed by atoms with Crippen LogP contribution < -0.4 is 5.32 Å². The van der Waals surface area contributed by atoms with Crippen molar-refractivity contribution in [1.29, 1.82) is 0 Å². The quantitative estimate of drug-likeness (QED) is 0.793. The third-order valence-corrected chi connectivity index (χ3v) is 6.57. The molecular weight excluding hydrogens is 320 g/mol. The van der Waals surface area contributed by atoms with Crippen LogP contribution in [0.1, 0.15) is 51.5 Å². The highest BCUT2D eigenvalue weighted by Crippen LogP contribution is 2.41. The van der Waals surface area contributed by atoms with Gasteiger partial charge in [-0.1, -0.05) is 44.2 Å². The van der Waals surface area contributed by atoms with Crippen LogP contribution in [0.4, 0.5) is 0 Å². The number of ether oxygens (including phenoxy) is 1. The maximum atomic E-state index is 6.11. The van der Waals surface area contributed by atoms with Crippen LogP contribution in [0.3, 0.4) is 0 Å². The van der Waals surface area contributed by atoms with Crippen LogP contribution in [0.15, 0.2) is 30.3 Å². The van der Waals surface area contributed by atoms with Crippen LogP contribution in [0.5, 0.6) is 0 Å². The number of nitrogens with zero attached hydrogens (tertiary/aromatic N) is 1. The van der Waals surface area contributed by atoms with Gasteiger partial charge in [0.2, 0.25) is 0 Å². The number of nitrogens with one attached hydrogen (secondary N) is 1. The molecule has 3 heteroatoms. The Morgan fingerprint density at radius 3 is 2.62 bits per heavy atom. The van der Waals surface area contributed by atoms with Gasteiger partial charge in [0.15, 0.2) is 0 Å². The van der Waals surface area contributed by atoms with E-state index in [2.05, 4.69) is 61.4 Å². The highest BCUT2D eigenvalue weighted by atomic mass is 16.5. The second-order valence-corrected chi connectivity index (χ2v) is 9.05. The Morgan fingerprint density at radius 2 is 1.92 bits per heavy atom. The third-order valence-electron chi connectivity index (χ3n) is 6.57. The van der Waals surface area contributed by atoms with Crippen molar-refractivity contribution < 1.29 is 4.74 Å². The van der Waals surface area contributed by atoms with Gasteiger partial charge in [0, 0.05) is 12.6 Å². The molecule has 2 saturated heterocycles. The lowest BCUT2D eigenvalue weighted by Crippen LogP contribution is -2.44. The van der Waals surface area contributed by atoms with E-state index in [4.69, 9.17) is 4.74 Å². The van der Waals surface area contributed by atoms with Gasteiger partial charge in [-0.05, 0) is 82.1 Å². The van der Waals surface area contributed by atoms with Crippen LogP contribution in [-0.4, -0.2) is 50.3 Å². The largest absolute Gasteiger partial charge is 0.378 e. The van der Waals surface area contributed by atoms with E-state index >= 15 is 0 Å². The van der Waals surface area contributed by atoms with E-state index < -0.39 is 0 Å². The first-order valence-corrected chi connectivity index (χ1v) is 10.6. The van der Waals surface area contributed by atoms with Crippen molar-refractivity contribution in [1.82, 2.24) is 10.2 Å². The second kappa shape index (κ2) is 9.34. The second-order valence-electron chi connectivity index (χ2n) is 9.05. The van der Waals surface area contributed by atoms with Crippen molar-refractivity contribution in [3.8, 4) is 0 Å². The number of hydrogen-bond acceptors (Lipinski definition) is 3. The lowest BCUT2D eigenvalue weighted by Gasteiger charge is -2.43. The molecule has 2 atom stereocenters. The summed E-state index contributed by atoms with van der Waals surface area (Å²) in [4.78, 5) is 2.45. The monoisotopic (exact) mass is 358 g/mol. The average Bonchev–Trinajstić information content (AvgIpc) is 2.64. The Balaban J connectivity index is 1.61. The molecule has 0 radical (unpaired) electrons. The molecule has 146 valence electrons. The summed E-state index contributed by atoms with van der Waals surface area (Å²) in [6, 6.07) is 11.8. The Kier molecular flexibility index (Phi) is 7.13. The van der Waals surface area contributed by atoms with E-state index in [1.165, 1.54) is 57.2 Å². The maximum Gasteiger partial charge on any atom is 0.0603 e. The number of benzene rings is 1. The van der Waals surface area contributed by atoms with E-state index in [0.29, 0.717) is 23.5 Å². The topological polar surface area (TPSA) is 24.5 Å². The molecule has 0 bridgehead atoms. The Morgan fingerprint density at radius 1 is 1.19 bits per heavy atom. The molecule has 0 unspecified atom stereocenters. The van der Waals surface area contributed by atoms with Crippen LogP contribution in [-0.2, 0) is 11.2 Å². The lowest BCUT2D eigenvalue weighted by atomic mass is 9.69. The summed E-state index contributed by atoms with van der Waals surface area (Å²) in [6.45, 7) is 9.14. The highest BCUT2D eigenvalue weighted by molar-refractivity contribution is 5.17. The Bertz CT molecular complexity index is 524. The number of piperidine rings is 1. The molecule has 0 aliphatic carbocycles. The van der Waals surface area contributed by atoms with Gasteiger partial charge >= 0.3 is 0 Å². The van der Waals surface area contributed by atoms with Gasteiger partial charge < -0.3 is 15.0 Å². The van der Waals surface area contributed by atoms with Gasteiger partial charge in [0.25, 0.3) is 0 Å². The predicted molar refractivity (Wildman–Crippen MR) is 110 cm³/mol. The van der Waals surface area contributed by atoms with E-state index in [1.54, 1.807) is 0 Å². The van der Waals surface area contributed by atoms with E-state index in [1.807, 2.05) is 0 Å². The van der Waals surface area contributed by atoms with Crippen molar-refractivity contribution in [2.45, 2.75) is 64.5 Å². The van der Waals surface area contributed by atoms with E-state index in [-0.39, 0.29) is 0 Å². The summed E-state index contributed by atoms with van der Waals surface area (Å²) >= 11 is 0. The minimum atomic E-state index is 0.382. The molecule has 0 saturated carbocycles. The molecule has 26 heavy (non-hydrogen) atoms. The molecule has 1 aromatic rings. The van der Waals surface area contributed by atoms with E-state index in [0.717, 1.165) is 13.2 Å². The normalized spacial score (nSPS) is 28.5. The molecule has 2 heterocycles. The third kappa shape index (κ3) is 5.55. The fourth-order valence-corrected chi connectivity index (χ4v) is 4.70. The molecule has 0 spiro atoms. The summed E-state index contributed by atoms with van der Waals surface area (Å²) in [5.74, 6) is 0.604. The number of rotatable bonds is 7. The molecule has 2 aliphatic heterocycles. The van der Waals surface area contributed by atoms with Crippen LogP contribution in [0.25, 0.3) is 0 Å². The first kappa shape index (κ1) is 19.9. The highest BCUT2D eigenvalue weighted by Gasteiger charge is 2.37. The Hall–Kier alpha value is -0.900. The zero-order chi connectivity index (χ0) is 18.4. The van der Waals surface area contributed by atoms with Gasteiger partial charge in [0.1, 0.15) is 0 Å². The van der Waals surface area contributed by atoms with Gasteiger partial charge in [-0.3, -0.25) is 0 Å². The zero-order valence-electron chi connectivity index (χ0n) is 17.0. The fraction of sp³-hybridized carbons (Fsp3) is 0.739. The van der Waals surface area contributed by atoms with E-state index in [9.17, 15) is 0 Å². The standard InChI is InChI=1S/C23H38N2O/c1-19(2)22-18-23(12-16-26-22,17-20-7-5-4-6-8-20)11-13-24-21-9-14-25(3)15-10-21/h4-8,19,21-22,24H,9-18H2,1-3H3/t22-,23-/m1/s1. The molecule has 1 N–H and O–H groups in total. The van der Waals surface area contributed by atoms with Gasteiger partial charge in [0.05, 0.1) is 6.10 Å². The van der Waals surface area contributed by atoms with Crippen molar-refractivity contribution in [3.63, 3.8) is 0 Å². The Labute approximate surface area is 160 Å². The number of likely N-dealkylation sites (tertiary alicyclic amines) is 1. The fourth-order valence-electron chi connectivity index (χ4n) is 4.70. The smallest absolute Gasteiger partial charge is 0.0603 e. The average molecular weight is 359 g/mol. The van der Waals surface area contributed by atoms with Crippen molar-refractivity contribution >= 4 is 0 Å². The molecular formula is C23H38N2O. The molecule has 0 aromatic heterocycles. The number of hydrogen-bond donors (Lipinski definition) is 1. The van der Waals surface area contributed by atoms with Gasteiger partial charge in [-0.25, -0.2) is 0 Å². The summed E-state index contributed by atoms with van der Waals surface area (Å²) in [5.41, 5.74) is 1.86. The van der Waals surface area contributed by atoms with Crippen LogP contribution in [0, 0.1) is 11.3 Å². The van der Waals surface area contributed by atoms with Crippen molar-refractivity contribution in [3.05, 3.63) is 35.9 Å². The summed E-state index contributed by atoms with van der Waals surface area (Å²) in [7, 11) is 2.24. The molecule has 0 amide bonds. The van der Waals surface area contributed by atoms with Crippen LogP contribution in [0.2, 0.25) is 0 Å². The lowest BCUT2D eigenvalue weighted by molar-refractivity contribution is -0.0722. The molecule has 2 fully saturated rings. The SMILES string of the molecule is CC(C)[C@H]1C[C@@](CCNC2CCN(C)CC2)(Cc2ccccc2)CCO1. The molecule has 3 rings (SSSR count). The first-order valence-electron chi connectivity index (χ1n) is 10.6. The van der Waals surface area contributed by atoms with Crippen molar-refractivity contribution in [2.24, 2.45) is 11.3 Å². The van der Waals surface area contributed by atoms with Gasteiger partial charge in [-0.2, -0.15) is 0 Å². The maximum absolute atomic E-state index is 6.11. The van der Waals surface area contributed by atoms with Gasteiger partial charge in [-0.15, -0.1) is 0 Å². The minimum absolute atomic E-state index is 0.382. The zero-order valence-corrected chi connectivity index (χ0v) is 17.0. The molecule has 1 aromatic carbocycles. The first-order chi connectivity index (χ1) is 12.6. The summed E-state index contributed by atoms with van der Waals surface area (Å²) in [6.07, 6.45) is 7.85. The summed E-state index contributed by atoms with van der Waals surface area (Å²) < 4.78 is 6.11.